The van der Waals surface area contributed by atoms with Crippen LogP contribution in [0.15, 0.2) is 24.3 Å². The van der Waals surface area contributed by atoms with Crippen LogP contribution in [0.3, 0.4) is 0 Å². The van der Waals surface area contributed by atoms with Crippen LogP contribution in [0.25, 0.3) is 0 Å². The highest BCUT2D eigenvalue weighted by atomic mass is 31.2. The zero-order valence-electron chi connectivity index (χ0n) is 11.8. The molecule has 1 rings (SSSR count). The van der Waals surface area contributed by atoms with E-state index >= 15 is 0 Å². The summed E-state index contributed by atoms with van der Waals surface area (Å²) >= 11 is 0. The maximum absolute atomic E-state index is 12.9. The number of benzene rings is 1. The molecular weight excluding hydrogens is 243 g/mol. The standard InChI is InChI=1S/C15H25O2P/c1-4-6-12-17-18(16,13-7-5-2)15-10-8-14(3)9-11-15/h8-11H,4-7,12-13H2,1-3H3. The molecule has 0 radical (unpaired) electrons. The lowest BCUT2D eigenvalue weighted by molar-refractivity contribution is 0.312. The predicted molar refractivity (Wildman–Crippen MR) is 79.1 cm³/mol. The van der Waals surface area contributed by atoms with Gasteiger partial charge in [0.2, 0.25) is 7.37 Å². The molecule has 1 atom stereocenters. The van der Waals surface area contributed by atoms with Gasteiger partial charge in [-0.1, -0.05) is 44.4 Å². The van der Waals surface area contributed by atoms with Gasteiger partial charge in [0.05, 0.1) is 6.61 Å². The summed E-state index contributed by atoms with van der Waals surface area (Å²) in [6.07, 6.45) is 4.71. The summed E-state index contributed by atoms with van der Waals surface area (Å²) in [6, 6.07) is 7.93. The fraction of sp³-hybridized carbons (Fsp3) is 0.600. The Labute approximate surface area is 111 Å². The van der Waals surface area contributed by atoms with Crippen LogP contribution in [0, 0.1) is 6.92 Å². The molecule has 1 aromatic carbocycles. The topological polar surface area (TPSA) is 26.3 Å². The van der Waals surface area contributed by atoms with Crippen molar-refractivity contribution in [2.24, 2.45) is 0 Å². The molecule has 1 aromatic rings. The second-order valence-corrected chi connectivity index (χ2v) is 7.34. The Morgan fingerprint density at radius 1 is 1.06 bits per heavy atom. The van der Waals surface area contributed by atoms with Gasteiger partial charge in [-0.15, -0.1) is 0 Å². The van der Waals surface area contributed by atoms with E-state index in [0.29, 0.717) is 12.8 Å². The maximum atomic E-state index is 12.9. The number of rotatable bonds is 8. The first-order valence-corrected chi connectivity index (χ1v) is 8.74. The van der Waals surface area contributed by atoms with Gasteiger partial charge in [0.25, 0.3) is 0 Å². The van der Waals surface area contributed by atoms with Crippen LogP contribution >= 0.6 is 7.37 Å². The first kappa shape index (κ1) is 15.5. The highest BCUT2D eigenvalue weighted by Crippen LogP contribution is 2.46. The molecule has 0 N–H and O–H groups in total. The van der Waals surface area contributed by atoms with Crippen molar-refractivity contribution in [2.75, 3.05) is 12.8 Å². The molecule has 0 aliphatic heterocycles. The fourth-order valence-corrected chi connectivity index (χ4v) is 4.06. The second kappa shape index (κ2) is 7.76. The van der Waals surface area contributed by atoms with Gasteiger partial charge >= 0.3 is 0 Å². The van der Waals surface area contributed by atoms with E-state index in [1.54, 1.807) is 0 Å². The third-order valence-corrected chi connectivity index (χ3v) is 5.62. The van der Waals surface area contributed by atoms with Gasteiger partial charge in [-0.2, -0.15) is 0 Å². The van der Waals surface area contributed by atoms with Crippen molar-refractivity contribution >= 4 is 12.7 Å². The zero-order valence-corrected chi connectivity index (χ0v) is 12.7. The molecule has 0 saturated heterocycles. The number of aryl methyl sites for hydroxylation is 1. The average Bonchev–Trinajstić information content (AvgIpc) is 2.37. The summed E-state index contributed by atoms with van der Waals surface area (Å²) in [7, 11) is -2.64. The maximum Gasteiger partial charge on any atom is 0.232 e. The van der Waals surface area contributed by atoms with Crippen molar-refractivity contribution < 1.29 is 9.09 Å². The molecule has 3 heteroatoms. The molecule has 2 nitrogen and oxygen atoms in total. The molecule has 0 saturated carbocycles. The minimum absolute atomic E-state index is 0.603. The second-order valence-electron chi connectivity index (χ2n) is 4.77. The predicted octanol–water partition coefficient (Wildman–Crippen LogP) is 4.52. The molecule has 0 aliphatic rings. The van der Waals surface area contributed by atoms with E-state index in [0.717, 1.165) is 31.0 Å². The van der Waals surface area contributed by atoms with Crippen LogP contribution in [0.4, 0.5) is 0 Å². The van der Waals surface area contributed by atoms with Crippen LogP contribution in [-0.4, -0.2) is 12.8 Å². The fourth-order valence-electron chi connectivity index (χ4n) is 1.76. The van der Waals surface area contributed by atoms with Gasteiger partial charge < -0.3 is 4.52 Å². The summed E-state index contributed by atoms with van der Waals surface area (Å²) < 4.78 is 18.7. The largest absolute Gasteiger partial charge is 0.325 e. The van der Waals surface area contributed by atoms with Gasteiger partial charge in [0.1, 0.15) is 0 Å². The molecule has 18 heavy (non-hydrogen) atoms. The molecule has 0 heterocycles. The molecule has 1 unspecified atom stereocenters. The lowest BCUT2D eigenvalue weighted by Gasteiger charge is -2.19. The minimum Gasteiger partial charge on any atom is -0.325 e. The molecule has 0 bridgehead atoms. The van der Waals surface area contributed by atoms with Gasteiger partial charge in [-0.25, -0.2) is 0 Å². The third kappa shape index (κ3) is 4.59. The van der Waals surface area contributed by atoms with E-state index in [-0.39, 0.29) is 0 Å². The van der Waals surface area contributed by atoms with Crippen molar-refractivity contribution in [3.05, 3.63) is 29.8 Å². The van der Waals surface area contributed by atoms with Gasteiger partial charge in [-0.3, -0.25) is 4.57 Å². The van der Waals surface area contributed by atoms with E-state index in [9.17, 15) is 4.57 Å². The molecular formula is C15H25O2P. The minimum atomic E-state index is -2.64. The van der Waals surface area contributed by atoms with Crippen LogP contribution in [0.2, 0.25) is 0 Å². The van der Waals surface area contributed by atoms with Crippen molar-refractivity contribution in [1.82, 2.24) is 0 Å². The highest BCUT2D eigenvalue weighted by molar-refractivity contribution is 7.67. The van der Waals surface area contributed by atoms with Crippen molar-refractivity contribution in [3.63, 3.8) is 0 Å². The smallest absolute Gasteiger partial charge is 0.232 e. The van der Waals surface area contributed by atoms with Crippen LogP contribution < -0.4 is 5.30 Å². The normalized spacial score (nSPS) is 14.4. The first-order chi connectivity index (χ1) is 8.62. The zero-order chi connectivity index (χ0) is 13.4. The summed E-state index contributed by atoms with van der Waals surface area (Å²) in [4.78, 5) is 0. The average molecular weight is 268 g/mol. The number of hydrogen-bond donors (Lipinski definition) is 0. The van der Waals surface area contributed by atoms with Gasteiger partial charge in [0, 0.05) is 11.5 Å². The van der Waals surface area contributed by atoms with Crippen molar-refractivity contribution in [1.29, 1.82) is 0 Å². The molecule has 0 fully saturated rings. The van der Waals surface area contributed by atoms with Gasteiger partial charge in [0.15, 0.2) is 0 Å². The van der Waals surface area contributed by atoms with Crippen LogP contribution in [-0.2, 0) is 9.09 Å². The van der Waals surface area contributed by atoms with E-state index in [2.05, 4.69) is 13.8 Å². The highest BCUT2D eigenvalue weighted by Gasteiger charge is 2.24. The molecule has 0 aliphatic carbocycles. The Hall–Kier alpha value is -0.590. The van der Waals surface area contributed by atoms with E-state index in [1.165, 1.54) is 5.56 Å². The Balaban J connectivity index is 2.81. The Morgan fingerprint density at radius 3 is 2.22 bits per heavy atom. The van der Waals surface area contributed by atoms with E-state index < -0.39 is 7.37 Å². The summed E-state index contributed by atoms with van der Waals surface area (Å²) in [5.41, 5.74) is 1.19. The number of unbranched alkanes of at least 4 members (excludes halogenated alkanes) is 2. The van der Waals surface area contributed by atoms with Crippen LogP contribution in [0.1, 0.15) is 45.1 Å². The summed E-state index contributed by atoms with van der Waals surface area (Å²) in [6.45, 7) is 6.88. The molecule has 102 valence electrons. The SMILES string of the molecule is CCCCOP(=O)(CCCC)c1ccc(C)cc1. The summed E-state index contributed by atoms with van der Waals surface area (Å²) in [5, 5.41) is 0.873. The van der Waals surface area contributed by atoms with Crippen LogP contribution in [0.5, 0.6) is 0 Å². The molecule has 0 aromatic heterocycles. The Morgan fingerprint density at radius 2 is 1.67 bits per heavy atom. The van der Waals surface area contributed by atoms with Crippen molar-refractivity contribution in [3.8, 4) is 0 Å². The Bertz CT molecular complexity index is 384. The Kier molecular flexibility index (Phi) is 6.67. The number of hydrogen-bond acceptors (Lipinski definition) is 2. The van der Waals surface area contributed by atoms with E-state index in [1.807, 2.05) is 31.2 Å². The van der Waals surface area contributed by atoms with Gasteiger partial charge in [-0.05, 0) is 31.9 Å². The first-order valence-electron chi connectivity index (χ1n) is 6.93. The molecule has 0 spiro atoms. The monoisotopic (exact) mass is 268 g/mol. The molecule has 0 amide bonds. The lowest BCUT2D eigenvalue weighted by atomic mass is 10.2. The third-order valence-electron chi connectivity index (χ3n) is 3.03. The summed E-state index contributed by atoms with van der Waals surface area (Å²) in [5.74, 6) is 0. The lowest BCUT2D eigenvalue weighted by Crippen LogP contribution is -2.11. The quantitative estimate of drug-likeness (QED) is 0.512. The van der Waals surface area contributed by atoms with Crippen molar-refractivity contribution in [2.45, 2.75) is 46.5 Å². The van der Waals surface area contributed by atoms with E-state index in [4.69, 9.17) is 4.52 Å².